The van der Waals surface area contributed by atoms with E-state index < -0.39 is 6.04 Å². The maximum atomic E-state index is 13.7. The second kappa shape index (κ2) is 11.3. The zero-order chi connectivity index (χ0) is 29.3. The van der Waals surface area contributed by atoms with Crippen molar-refractivity contribution in [2.75, 3.05) is 6.54 Å². The maximum absolute atomic E-state index is 13.7. The van der Waals surface area contributed by atoms with Gasteiger partial charge in [0.05, 0.1) is 29.3 Å². The summed E-state index contributed by atoms with van der Waals surface area (Å²) in [5.41, 5.74) is 6.92. The number of H-pyrrole nitrogens is 1. The van der Waals surface area contributed by atoms with Crippen molar-refractivity contribution in [3.63, 3.8) is 0 Å². The Hall–Kier alpha value is -5.02. The van der Waals surface area contributed by atoms with Gasteiger partial charge in [-0.15, -0.1) is 11.3 Å². The Morgan fingerprint density at radius 1 is 0.953 bits per heavy atom. The molecule has 2 N–H and O–H groups in total. The van der Waals surface area contributed by atoms with E-state index in [2.05, 4.69) is 62.7 Å². The summed E-state index contributed by atoms with van der Waals surface area (Å²) in [5, 5.41) is 4.99. The van der Waals surface area contributed by atoms with Crippen LogP contribution in [0.2, 0.25) is 0 Å². The number of fused-ring (bicyclic) bond motifs is 1. The summed E-state index contributed by atoms with van der Waals surface area (Å²) >= 11 is 1.63. The summed E-state index contributed by atoms with van der Waals surface area (Å²) in [6.45, 7) is 2.05. The Morgan fingerprint density at radius 2 is 1.67 bits per heavy atom. The monoisotopic (exact) mass is 586 g/mol. The van der Waals surface area contributed by atoms with Crippen LogP contribution in [0.5, 0.6) is 0 Å². The number of imidazole rings is 2. The first-order valence-corrected chi connectivity index (χ1v) is 15.2. The van der Waals surface area contributed by atoms with Crippen LogP contribution in [0.4, 0.5) is 0 Å². The fraction of sp³-hybridized carbons (Fsp3) is 0.176. The van der Waals surface area contributed by atoms with Gasteiger partial charge >= 0.3 is 0 Å². The lowest BCUT2D eigenvalue weighted by atomic mass is 10.0. The summed E-state index contributed by atoms with van der Waals surface area (Å²) in [4.78, 5) is 41.5. The molecule has 1 saturated heterocycles. The molecule has 0 radical (unpaired) electrons. The number of carbonyl (C=O) groups is 2. The Bertz CT molecular complexity index is 1890. The van der Waals surface area contributed by atoms with Gasteiger partial charge in [-0.3, -0.25) is 14.0 Å². The number of thiazole rings is 1. The van der Waals surface area contributed by atoms with E-state index in [4.69, 9.17) is 9.97 Å². The number of hydrogen-bond donors (Lipinski definition) is 2. The number of nitrogens with zero attached hydrogens (tertiary/aromatic N) is 4. The Labute approximate surface area is 253 Å². The molecule has 0 aliphatic carbocycles. The Balaban J connectivity index is 1.10. The molecule has 4 heterocycles. The molecule has 0 saturated carbocycles. The van der Waals surface area contributed by atoms with E-state index in [9.17, 15) is 9.59 Å². The van der Waals surface area contributed by atoms with Crippen molar-refractivity contribution in [1.29, 1.82) is 0 Å². The van der Waals surface area contributed by atoms with Crippen molar-refractivity contribution in [3.05, 3.63) is 114 Å². The van der Waals surface area contributed by atoms with E-state index in [1.807, 2.05) is 59.6 Å². The van der Waals surface area contributed by atoms with Gasteiger partial charge in [-0.05, 0) is 29.5 Å². The largest absolute Gasteiger partial charge is 0.341 e. The number of amides is 2. The predicted octanol–water partition coefficient (Wildman–Crippen LogP) is 6.66. The van der Waals surface area contributed by atoms with E-state index in [1.165, 1.54) is 6.92 Å². The molecule has 3 aromatic heterocycles. The van der Waals surface area contributed by atoms with Gasteiger partial charge in [0.2, 0.25) is 11.8 Å². The van der Waals surface area contributed by atoms with Crippen LogP contribution in [0, 0.1) is 0 Å². The molecule has 43 heavy (non-hydrogen) atoms. The number of aromatic amines is 1. The van der Waals surface area contributed by atoms with Gasteiger partial charge in [-0.2, -0.15) is 0 Å². The lowest BCUT2D eigenvalue weighted by molar-refractivity contribution is -0.137. The first-order chi connectivity index (χ1) is 21.0. The van der Waals surface area contributed by atoms with Crippen LogP contribution in [0.1, 0.15) is 43.2 Å². The van der Waals surface area contributed by atoms with Crippen molar-refractivity contribution < 1.29 is 9.59 Å². The highest BCUT2D eigenvalue weighted by Gasteiger charge is 2.36. The second-order valence-electron chi connectivity index (χ2n) is 10.8. The lowest BCUT2D eigenvalue weighted by Crippen LogP contribution is -2.42. The van der Waals surface area contributed by atoms with Crippen LogP contribution in [-0.2, 0) is 9.59 Å². The van der Waals surface area contributed by atoms with Gasteiger partial charge in [-0.1, -0.05) is 84.9 Å². The van der Waals surface area contributed by atoms with Crippen molar-refractivity contribution in [2.45, 2.75) is 31.8 Å². The van der Waals surface area contributed by atoms with E-state index in [1.54, 1.807) is 11.3 Å². The minimum atomic E-state index is -0.733. The lowest BCUT2D eigenvalue weighted by Gasteiger charge is -2.28. The SMILES string of the molecule is CC(=O)N[C@@H](C(=O)N1CCCC1c1ncc(-c2ccc(-c3cn4c(-c5ccccc5)csc4n3)cc2)[nH]1)c1ccccc1. The summed E-state index contributed by atoms with van der Waals surface area (Å²) in [7, 11) is 0. The van der Waals surface area contributed by atoms with Crippen LogP contribution >= 0.6 is 11.3 Å². The van der Waals surface area contributed by atoms with E-state index in [-0.39, 0.29) is 17.9 Å². The standard InChI is InChI=1S/C34H30N6O2S/c1-22(41)36-31(26-11-6-3-7-12-26)33(42)39-18-8-13-29(39)32-35-19-27(37-32)23-14-16-24(17-15-23)28-20-40-30(21-43-34(40)38-28)25-9-4-2-5-10-25/h2-7,9-12,14-17,19-21,29,31H,8,13,18H2,1H3,(H,35,37)(H,36,41)/t29?,31-/m1/s1. The third-order valence-electron chi connectivity index (χ3n) is 7.94. The van der Waals surface area contributed by atoms with E-state index >= 15 is 0 Å². The molecule has 1 aliphatic rings. The molecular weight excluding hydrogens is 556 g/mol. The molecule has 214 valence electrons. The molecule has 1 unspecified atom stereocenters. The van der Waals surface area contributed by atoms with Gasteiger partial charge in [-0.25, -0.2) is 9.97 Å². The number of benzene rings is 3. The third kappa shape index (κ3) is 5.23. The average Bonchev–Trinajstić information content (AvgIpc) is 3.85. The fourth-order valence-corrected chi connectivity index (χ4v) is 6.71. The zero-order valence-electron chi connectivity index (χ0n) is 23.6. The summed E-state index contributed by atoms with van der Waals surface area (Å²) in [6.07, 6.45) is 5.60. The number of carbonyl (C=O) groups excluding carboxylic acids is 2. The van der Waals surface area contributed by atoms with Crippen LogP contribution < -0.4 is 5.32 Å². The minimum Gasteiger partial charge on any atom is -0.341 e. The zero-order valence-corrected chi connectivity index (χ0v) is 24.4. The van der Waals surface area contributed by atoms with Gasteiger partial charge in [0.1, 0.15) is 11.9 Å². The molecule has 0 spiro atoms. The van der Waals surface area contributed by atoms with Gasteiger partial charge in [0.25, 0.3) is 0 Å². The summed E-state index contributed by atoms with van der Waals surface area (Å²) in [6, 6.07) is 27.1. The van der Waals surface area contributed by atoms with Crippen molar-refractivity contribution >= 4 is 28.1 Å². The van der Waals surface area contributed by atoms with Crippen LogP contribution in [0.25, 0.3) is 38.7 Å². The van der Waals surface area contributed by atoms with E-state index in [0.29, 0.717) is 6.54 Å². The fourth-order valence-electron chi connectivity index (χ4n) is 5.83. The Morgan fingerprint density at radius 3 is 2.42 bits per heavy atom. The summed E-state index contributed by atoms with van der Waals surface area (Å²) < 4.78 is 2.15. The first kappa shape index (κ1) is 26.9. The highest BCUT2D eigenvalue weighted by atomic mass is 32.1. The topological polar surface area (TPSA) is 95.4 Å². The Kier molecular flexibility index (Phi) is 7.08. The maximum Gasteiger partial charge on any atom is 0.250 e. The molecule has 2 atom stereocenters. The van der Waals surface area contributed by atoms with E-state index in [0.717, 1.165) is 63.0 Å². The molecule has 3 aromatic carbocycles. The molecule has 7 rings (SSSR count). The highest BCUT2D eigenvalue weighted by molar-refractivity contribution is 7.15. The molecule has 6 aromatic rings. The van der Waals surface area contributed by atoms with Crippen LogP contribution in [0.15, 0.2) is 103 Å². The number of aromatic nitrogens is 4. The highest BCUT2D eigenvalue weighted by Crippen LogP contribution is 2.35. The van der Waals surface area contributed by atoms with Gasteiger partial charge < -0.3 is 15.2 Å². The van der Waals surface area contributed by atoms with Crippen molar-refractivity contribution in [3.8, 4) is 33.8 Å². The molecule has 2 amide bonds. The molecule has 1 fully saturated rings. The smallest absolute Gasteiger partial charge is 0.250 e. The third-order valence-corrected chi connectivity index (χ3v) is 8.78. The molecule has 1 aliphatic heterocycles. The number of nitrogens with one attached hydrogen (secondary N) is 2. The summed E-state index contributed by atoms with van der Waals surface area (Å²) in [5.74, 6) is 0.387. The van der Waals surface area contributed by atoms with Gasteiger partial charge in [0, 0.05) is 30.6 Å². The molecule has 9 heteroatoms. The first-order valence-electron chi connectivity index (χ1n) is 14.4. The predicted molar refractivity (Wildman–Crippen MR) is 168 cm³/mol. The quantitative estimate of drug-likeness (QED) is 0.219. The van der Waals surface area contributed by atoms with Crippen molar-refractivity contribution in [1.82, 2.24) is 29.6 Å². The molecule has 8 nitrogen and oxygen atoms in total. The van der Waals surface area contributed by atoms with Crippen molar-refractivity contribution in [2.24, 2.45) is 0 Å². The average molecular weight is 587 g/mol. The van der Waals surface area contributed by atoms with Crippen LogP contribution in [-0.4, -0.2) is 42.6 Å². The minimum absolute atomic E-state index is 0.124. The number of rotatable bonds is 7. The molecular formula is C34H30N6O2S. The van der Waals surface area contributed by atoms with Gasteiger partial charge in [0.15, 0.2) is 4.96 Å². The molecule has 0 bridgehead atoms. The normalized spacial score (nSPS) is 15.6. The van der Waals surface area contributed by atoms with Crippen LogP contribution in [0.3, 0.4) is 0 Å². The number of likely N-dealkylation sites (tertiary alicyclic amines) is 1. The number of hydrogen-bond acceptors (Lipinski definition) is 5. The second-order valence-corrected chi connectivity index (χ2v) is 11.6.